The Hall–Kier alpha value is -3.07. The quantitative estimate of drug-likeness (QED) is 0.588. The number of benzene rings is 2. The molecule has 7 nitrogen and oxygen atoms in total. The second kappa shape index (κ2) is 8.52. The molecule has 0 unspecified atom stereocenters. The lowest BCUT2D eigenvalue weighted by atomic mass is 10.1. The summed E-state index contributed by atoms with van der Waals surface area (Å²) in [4.78, 5) is 12.1. The molecule has 1 N–H and O–H groups in total. The molecule has 0 spiro atoms. The Morgan fingerprint density at radius 3 is 2.38 bits per heavy atom. The van der Waals surface area contributed by atoms with Crippen LogP contribution in [0.1, 0.15) is 24.0 Å². The first-order valence-corrected chi connectivity index (χ1v) is 10.6. The SMILES string of the molecule is Cc1cc(C)cc(-c2nnc(NC(=O)CCCS(=O)(=O)c3ccc(F)cc3)o2)c1. The van der Waals surface area contributed by atoms with E-state index in [9.17, 15) is 17.6 Å². The van der Waals surface area contributed by atoms with E-state index in [1.54, 1.807) is 0 Å². The van der Waals surface area contributed by atoms with Crippen molar-refractivity contribution in [1.29, 1.82) is 0 Å². The number of aromatic nitrogens is 2. The second-order valence-corrected chi connectivity index (χ2v) is 8.82. The summed E-state index contributed by atoms with van der Waals surface area (Å²) in [7, 11) is -3.58. The van der Waals surface area contributed by atoms with Gasteiger partial charge in [-0.1, -0.05) is 22.3 Å². The first-order chi connectivity index (χ1) is 13.7. The normalized spacial score (nSPS) is 11.4. The molecular weight excluding hydrogens is 397 g/mol. The third kappa shape index (κ3) is 5.47. The maximum atomic E-state index is 12.9. The maximum absolute atomic E-state index is 12.9. The van der Waals surface area contributed by atoms with Gasteiger partial charge in [0.1, 0.15) is 5.82 Å². The van der Waals surface area contributed by atoms with Crippen LogP contribution in [0.15, 0.2) is 51.8 Å². The fourth-order valence-corrected chi connectivity index (χ4v) is 4.16. The maximum Gasteiger partial charge on any atom is 0.322 e. The Morgan fingerprint density at radius 1 is 1.07 bits per heavy atom. The molecule has 0 atom stereocenters. The molecule has 0 aliphatic heterocycles. The smallest absolute Gasteiger partial charge is 0.322 e. The molecular formula is C20H20FN3O4S. The number of carbonyl (C=O) groups excluding carboxylic acids is 1. The number of carbonyl (C=O) groups is 1. The molecule has 1 aromatic heterocycles. The molecule has 1 amide bonds. The van der Waals surface area contributed by atoms with Gasteiger partial charge in [-0.05, 0) is 56.7 Å². The van der Waals surface area contributed by atoms with E-state index in [-0.39, 0.29) is 35.4 Å². The van der Waals surface area contributed by atoms with Crippen molar-refractivity contribution in [2.24, 2.45) is 0 Å². The lowest BCUT2D eigenvalue weighted by molar-refractivity contribution is -0.116. The summed E-state index contributed by atoms with van der Waals surface area (Å²) in [6.07, 6.45) is 0.0608. The molecule has 9 heteroatoms. The summed E-state index contributed by atoms with van der Waals surface area (Å²) in [6, 6.07) is 10.3. The van der Waals surface area contributed by atoms with Gasteiger partial charge in [-0.2, -0.15) is 0 Å². The Bertz CT molecular complexity index is 1100. The zero-order valence-electron chi connectivity index (χ0n) is 16.0. The highest BCUT2D eigenvalue weighted by atomic mass is 32.2. The molecule has 0 aliphatic carbocycles. The van der Waals surface area contributed by atoms with Gasteiger partial charge in [0.2, 0.25) is 11.8 Å². The topological polar surface area (TPSA) is 102 Å². The molecule has 29 heavy (non-hydrogen) atoms. The number of anilines is 1. The van der Waals surface area contributed by atoms with Crippen molar-refractivity contribution in [1.82, 2.24) is 10.2 Å². The minimum atomic E-state index is -3.58. The summed E-state index contributed by atoms with van der Waals surface area (Å²) in [5.41, 5.74) is 2.85. The van der Waals surface area contributed by atoms with Gasteiger partial charge in [-0.15, -0.1) is 5.10 Å². The monoisotopic (exact) mass is 417 g/mol. The third-order valence-corrected chi connectivity index (χ3v) is 5.95. The van der Waals surface area contributed by atoms with Gasteiger partial charge in [0.25, 0.3) is 0 Å². The van der Waals surface area contributed by atoms with Crippen LogP contribution < -0.4 is 5.32 Å². The molecule has 0 bridgehead atoms. The number of rotatable bonds is 7. The number of halogens is 1. The summed E-state index contributed by atoms with van der Waals surface area (Å²) in [5, 5.41) is 10.2. The van der Waals surface area contributed by atoms with Crippen LogP contribution in [0.5, 0.6) is 0 Å². The number of nitrogens with one attached hydrogen (secondary N) is 1. The standard InChI is InChI=1S/C20H20FN3O4S/c1-13-10-14(2)12-15(11-13)19-23-24-20(28-19)22-18(25)4-3-9-29(26,27)17-7-5-16(21)6-8-17/h5-8,10-12H,3-4,9H2,1-2H3,(H,22,24,25). The van der Waals surface area contributed by atoms with E-state index in [4.69, 9.17) is 4.42 Å². The molecule has 2 aromatic carbocycles. The van der Waals surface area contributed by atoms with Gasteiger partial charge < -0.3 is 4.42 Å². The fourth-order valence-electron chi connectivity index (χ4n) is 2.85. The zero-order valence-corrected chi connectivity index (χ0v) is 16.8. The van der Waals surface area contributed by atoms with E-state index in [1.165, 1.54) is 12.1 Å². The van der Waals surface area contributed by atoms with Crippen molar-refractivity contribution in [2.75, 3.05) is 11.1 Å². The average Bonchev–Trinajstić information content (AvgIpc) is 3.09. The highest BCUT2D eigenvalue weighted by Gasteiger charge is 2.16. The summed E-state index contributed by atoms with van der Waals surface area (Å²) in [5.74, 6) is -0.895. The number of nitrogens with zero attached hydrogens (tertiary/aromatic N) is 2. The molecule has 152 valence electrons. The van der Waals surface area contributed by atoms with Crippen LogP contribution >= 0.6 is 0 Å². The van der Waals surface area contributed by atoms with Crippen LogP contribution in [0.2, 0.25) is 0 Å². The third-order valence-electron chi connectivity index (χ3n) is 4.13. The van der Waals surface area contributed by atoms with Crippen molar-refractivity contribution >= 4 is 21.8 Å². The van der Waals surface area contributed by atoms with Crippen molar-refractivity contribution in [3.05, 3.63) is 59.4 Å². The van der Waals surface area contributed by atoms with Crippen molar-refractivity contribution in [3.8, 4) is 11.5 Å². The molecule has 3 aromatic rings. The number of sulfone groups is 1. The minimum absolute atomic E-state index is 0.0225. The van der Waals surface area contributed by atoms with Crippen LogP contribution in [0, 0.1) is 19.7 Å². The average molecular weight is 417 g/mol. The van der Waals surface area contributed by atoms with Crippen molar-refractivity contribution in [3.63, 3.8) is 0 Å². The molecule has 0 radical (unpaired) electrons. The predicted octanol–water partition coefficient (Wildman–Crippen LogP) is 3.69. The molecule has 0 saturated carbocycles. The van der Waals surface area contributed by atoms with E-state index in [0.717, 1.165) is 28.8 Å². The highest BCUT2D eigenvalue weighted by molar-refractivity contribution is 7.91. The largest absolute Gasteiger partial charge is 0.403 e. The van der Waals surface area contributed by atoms with E-state index < -0.39 is 21.6 Å². The van der Waals surface area contributed by atoms with E-state index in [0.29, 0.717) is 0 Å². The van der Waals surface area contributed by atoms with E-state index >= 15 is 0 Å². The lowest BCUT2D eigenvalue weighted by Crippen LogP contribution is -2.14. The number of hydrogen-bond donors (Lipinski definition) is 1. The Balaban J connectivity index is 1.55. The van der Waals surface area contributed by atoms with Gasteiger partial charge in [0, 0.05) is 12.0 Å². The van der Waals surface area contributed by atoms with Crippen LogP contribution in [0.4, 0.5) is 10.4 Å². The summed E-state index contributed by atoms with van der Waals surface area (Å²) >= 11 is 0. The van der Waals surface area contributed by atoms with Crippen LogP contribution in [0.25, 0.3) is 11.5 Å². The van der Waals surface area contributed by atoms with Gasteiger partial charge in [0.15, 0.2) is 9.84 Å². The first-order valence-electron chi connectivity index (χ1n) is 8.93. The molecule has 0 aliphatic rings. The molecule has 0 saturated heterocycles. The van der Waals surface area contributed by atoms with Crippen LogP contribution in [-0.4, -0.2) is 30.3 Å². The van der Waals surface area contributed by atoms with Gasteiger partial charge >= 0.3 is 6.01 Å². The summed E-state index contributed by atoms with van der Waals surface area (Å²) < 4.78 is 42.8. The minimum Gasteiger partial charge on any atom is -0.403 e. The van der Waals surface area contributed by atoms with Crippen molar-refractivity contribution < 1.29 is 22.0 Å². The highest BCUT2D eigenvalue weighted by Crippen LogP contribution is 2.22. The Morgan fingerprint density at radius 2 is 1.72 bits per heavy atom. The number of amides is 1. The molecule has 0 fully saturated rings. The van der Waals surface area contributed by atoms with Crippen LogP contribution in [-0.2, 0) is 14.6 Å². The zero-order chi connectivity index (χ0) is 21.0. The Labute approximate surface area is 167 Å². The molecule has 3 rings (SSSR count). The van der Waals surface area contributed by atoms with Gasteiger partial charge in [-0.3, -0.25) is 10.1 Å². The van der Waals surface area contributed by atoms with Crippen LogP contribution in [0.3, 0.4) is 0 Å². The Kier molecular flexibility index (Phi) is 6.07. The van der Waals surface area contributed by atoms with E-state index in [1.807, 2.05) is 32.0 Å². The predicted molar refractivity (Wildman–Crippen MR) is 106 cm³/mol. The number of aryl methyl sites for hydroxylation is 2. The first kappa shape index (κ1) is 20.7. The van der Waals surface area contributed by atoms with E-state index in [2.05, 4.69) is 15.5 Å². The van der Waals surface area contributed by atoms with Gasteiger partial charge in [-0.25, -0.2) is 12.8 Å². The second-order valence-electron chi connectivity index (χ2n) is 6.71. The van der Waals surface area contributed by atoms with Gasteiger partial charge in [0.05, 0.1) is 10.6 Å². The lowest BCUT2D eigenvalue weighted by Gasteiger charge is -2.04. The summed E-state index contributed by atoms with van der Waals surface area (Å²) in [6.45, 7) is 3.91. The molecule has 1 heterocycles. The van der Waals surface area contributed by atoms with Crippen molar-refractivity contribution in [2.45, 2.75) is 31.6 Å². The fraction of sp³-hybridized carbons (Fsp3) is 0.250. The number of hydrogen-bond acceptors (Lipinski definition) is 6.